The maximum Gasteiger partial charge on any atom is 0.416 e. The van der Waals surface area contributed by atoms with Gasteiger partial charge in [-0.1, -0.05) is 29.8 Å². The van der Waals surface area contributed by atoms with Gasteiger partial charge in [0.2, 0.25) is 0 Å². The van der Waals surface area contributed by atoms with Crippen LogP contribution < -0.4 is 4.90 Å². The van der Waals surface area contributed by atoms with Gasteiger partial charge in [0.25, 0.3) is 0 Å². The maximum absolute atomic E-state index is 15.2. The lowest BCUT2D eigenvalue weighted by atomic mass is 10.0. The Morgan fingerprint density at radius 1 is 1.00 bits per heavy atom. The molecular formula is C22H19ClF4N4. The lowest BCUT2D eigenvalue weighted by molar-refractivity contribution is -0.137. The molecule has 1 aliphatic rings. The lowest BCUT2D eigenvalue weighted by Gasteiger charge is -2.27. The van der Waals surface area contributed by atoms with E-state index in [1.165, 1.54) is 18.5 Å². The summed E-state index contributed by atoms with van der Waals surface area (Å²) in [7, 11) is 0. The van der Waals surface area contributed by atoms with Crippen LogP contribution in [0.2, 0.25) is 5.15 Å². The van der Waals surface area contributed by atoms with Crippen molar-refractivity contribution < 1.29 is 17.6 Å². The number of pyridine rings is 1. The zero-order valence-electron chi connectivity index (χ0n) is 16.4. The monoisotopic (exact) mass is 450 g/mol. The predicted molar refractivity (Wildman–Crippen MR) is 109 cm³/mol. The summed E-state index contributed by atoms with van der Waals surface area (Å²) in [4.78, 5) is 14.1. The van der Waals surface area contributed by atoms with Gasteiger partial charge >= 0.3 is 6.18 Å². The van der Waals surface area contributed by atoms with Crippen molar-refractivity contribution in [3.63, 3.8) is 0 Å². The summed E-state index contributed by atoms with van der Waals surface area (Å²) >= 11 is 5.79. The van der Waals surface area contributed by atoms with Crippen molar-refractivity contribution in [2.45, 2.75) is 37.9 Å². The van der Waals surface area contributed by atoms with Gasteiger partial charge in [-0.05, 0) is 55.0 Å². The second kappa shape index (κ2) is 8.78. The molecule has 0 unspecified atom stereocenters. The van der Waals surface area contributed by atoms with E-state index in [9.17, 15) is 13.2 Å². The first-order valence-electron chi connectivity index (χ1n) is 9.86. The van der Waals surface area contributed by atoms with Crippen LogP contribution in [-0.2, 0) is 19.0 Å². The quantitative estimate of drug-likeness (QED) is 0.363. The van der Waals surface area contributed by atoms with Crippen LogP contribution in [0.25, 0.3) is 0 Å². The van der Waals surface area contributed by atoms with E-state index in [4.69, 9.17) is 11.6 Å². The summed E-state index contributed by atoms with van der Waals surface area (Å²) in [5, 5.41) is 0.391. The summed E-state index contributed by atoms with van der Waals surface area (Å²) in [6.45, 7) is 0.570. The minimum Gasteiger partial charge on any atom is -0.347 e. The maximum atomic E-state index is 15.2. The Hall–Kier alpha value is -2.74. The Kier molecular flexibility index (Phi) is 6.09. The van der Waals surface area contributed by atoms with Gasteiger partial charge in [-0.3, -0.25) is 0 Å². The number of anilines is 1. The highest BCUT2D eigenvalue weighted by molar-refractivity contribution is 6.29. The van der Waals surface area contributed by atoms with E-state index >= 15 is 4.39 Å². The van der Waals surface area contributed by atoms with E-state index in [2.05, 4.69) is 15.0 Å². The average Bonchev–Trinajstić information content (AvgIpc) is 3.23. The standard InChI is InChI=1S/C22H19ClF4N4/c23-19-10-4-14(12-28-19)3-9-17-20(24)21(30-13-29-17)31-11-1-2-18(31)15-5-7-16(8-6-15)22(25,26)27/h4-8,10,12-13,18H,1-3,9,11H2/t18-/m1/s1. The van der Waals surface area contributed by atoms with E-state index in [0.717, 1.165) is 24.1 Å². The molecule has 1 saturated heterocycles. The fourth-order valence-electron chi connectivity index (χ4n) is 3.85. The van der Waals surface area contributed by atoms with Gasteiger partial charge in [-0.25, -0.2) is 19.3 Å². The zero-order chi connectivity index (χ0) is 22.0. The van der Waals surface area contributed by atoms with Crippen LogP contribution >= 0.6 is 11.6 Å². The molecule has 1 atom stereocenters. The number of benzene rings is 1. The first-order chi connectivity index (χ1) is 14.8. The molecule has 0 radical (unpaired) electrons. The number of hydrogen-bond acceptors (Lipinski definition) is 4. The largest absolute Gasteiger partial charge is 0.416 e. The number of hydrogen-bond donors (Lipinski definition) is 0. The van der Waals surface area contributed by atoms with Crippen LogP contribution in [0.1, 0.15) is 41.3 Å². The molecule has 0 saturated carbocycles. The molecule has 1 aliphatic heterocycles. The van der Waals surface area contributed by atoms with Gasteiger partial charge in [-0.15, -0.1) is 0 Å². The minimum atomic E-state index is -4.39. The fourth-order valence-corrected chi connectivity index (χ4v) is 3.96. The summed E-state index contributed by atoms with van der Waals surface area (Å²) in [5.74, 6) is -0.315. The molecule has 4 rings (SSSR count). The molecule has 2 aromatic heterocycles. The molecule has 0 spiro atoms. The van der Waals surface area contributed by atoms with E-state index in [-0.39, 0.29) is 17.6 Å². The topological polar surface area (TPSA) is 41.9 Å². The zero-order valence-corrected chi connectivity index (χ0v) is 17.2. The smallest absolute Gasteiger partial charge is 0.347 e. The normalized spacial score (nSPS) is 16.7. The number of aryl methyl sites for hydroxylation is 2. The highest BCUT2D eigenvalue weighted by Gasteiger charge is 2.33. The number of nitrogens with zero attached hydrogens (tertiary/aromatic N) is 4. The third-order valence-electron chi connectivity index (χ3n) is 5.43. The van der Waals surface area contributed by atoms with Crippen molar-refractivity contribution >= 4 is 17.4 Å². The van der Waals surface area contributed by atoms with Gasteiger partial charge in [0, 0.05) is 12.7 Å². The molecule has 1 aromatic carbocycles. The van der Waals surface area contributed by atoms with E-state index in [1.807, 2.05) is 11.0 Å². The lowest BCUT2D eigenvalue weighted by Crippen LogP contribution is -2.25. The molecule has 0 N–H and O–H groups in total. The molecule has 31 heavy (non-hydrogen) atoms. The van der Waals surface area contributed by atoms with Crippen molar-refractivity contribution in [3.8, 4) is 0 Å². The van der Waals surface area contributed by atoms with Crippen LogP contribution in [0.15, 0.2) is 48.9 Å². The molecule has 0 amide bonds. The Bertz CT molecular complexity index is 1040. The highest BCUT2D eigenvalue weighted by atomic mass is 35.5. The minimum absolute atomic E-state index is 0.182. The van der Waals surface area contributed by atoms with Crippen molar-refractivity contribution in [2.75, 3.05) is 11.4 Å². The molecule has 3 heterocycles. The molecule has 9 heteroatoms. The van der Waals surface area contributed by atoms with Gasteiger partial charge in [0.15, 0.2) is 11.6 Å². The van der Waals surface area contributed by atoms with Crippen LogP contribution in [0.5, 0.6) is 0 Å². The molecular weight excluding hydrogens is 432 g/mol. The summed E-state index contributed by atoms with van der Waals surface area (Å²) in [6.07, 6.45) is 0.991. The predicted octanol–water partition coefficient (Wildman–Crippen LogP) is 5.81. The molecule has 3 aromatic rings. The van der Waals surface area contributed by atoms with Crippen LogP contribution in [0, 0.1) is 5.82 Å². The second-order valence-corrected chi connectivity index (χ2v) is 7.81. The van der Waals surface area contributed by atoms with Crippen LogP contribution in [0.4, 0.5) is 23.4 Å². The summed E-state index contributed by atoms with van der Waals surface area (Å²) < 4.78 is 53.8. The van der Waals surface area contributed by atoms with Gasteiger partial charge in [0.1, 0.15) is 11.5 Å². The molecule has 0 aliphatic carbocycles. The second-order valence-electron chi connectivity index (χ2n) is 7.42. The molecule has 4 nitrogen and oxygen atoms in total. The Morgan fingerprint density at radius 2 is 1.77 bits per heavy atom. The Labute approximate surface area is 181 Å². The summed E-state index contributed by atoms with van der Waals surface area (Å²) in [6, 6.07) is 8.31. The first-order valence-corrected chi connectivity index (χ1v) is 10.2. The number of aromatic nitrogens is 3. The van der Waals surface area contributed by atoms with E-state index < -0.39 is 17.6 Å². The first kappa shape index (κ1) is 21.5. The summed E-state index contributed by atoms with van der Waals surface area (Å²) in [5.41, 5.74) is 1.20. The highest BCUT2D eigenvalue weighted by Crippen LogP contribution is 2.38. The van der Waals surface area contributed by atoms with Crippen molar-refractivity contribution in [2.24, 2.45) is 0 Å². The SMILES string of the molecule is Fc1c(CCc2ccc(Cl)nc2)ncnc1N1CCC[C@@H]1c1ccc(C(F)(F)F)cc1. The number of halogens is 5. The number of rotatable bonds is 5. The van der Waals surface area contributed by atoms with Crippen molar-refractivity contribution in [3.05, 3.63) is 82.3 Å². The Morgan fingerprint density at radius 3 is 2.45 bits per heavy atom. The van der Waals surface area contributed by atoms with Crippen LogP contribution in [0.3, 0.4) is 0 Å². The van der Waals surface area contributed by atoms with Gasteiger partial charge in [-0.2, -0.15) is 13.2 Å². The third-order valence-corrected chi connectivity index (χ3v) is 5.65. The Balaban J connectivity index is 1.54. The average molecular weight is 451 g/mol. The fraction of sp³-hybridized carbons (Fsp3) is 0.318. The molecule has 0 bridgehead atoms. The van der Waals surface area contributed by atoms with Crippen molar-refractivity contribution in [1.29, 1.82) is 0 Å². The molecule has 1 fully saturated rings. The number of alkyl halides is 3. The molecule has 162 valence electrons. The third kappa shape index (κ3) is 4.79. The van der Waals surface area contributed by atoms with Crippen molar-refractivity contribution in [1.82, 2.24) is 15.0 Å². The van der Waals surface area contributed by atoms with E-state index in [0.29, 0.717) is 36.5 Å². The van der Waals surface area contributed by atoms with Gasteiger partial charge < -0.3 is 4.90 Å². The van der Waals surface area contributed by atoms with Crippen LogP contribution in [-0.4, -0.2) is 21.5 Å². The van der Waals surface area contributed by atoms with E-state index in [1.54, 1.807) is 12.3 Å². The van der Waals surface area contributed by atoms with Gasteiger partial charge in [0.05, 0.1) is 17.3 Å².